The fourth-order valence-electron chi connectivity index (χ4n) is 7.59. The summed E-state index contributed by atoms with van der Waals surface area (Å²) in [7, 11) is 0. The molecule has 0 fully saturated rings. The molecule has 6 N–H and O–H groups in total. The van der Waals surface area contributed by atoms with Crippen LogP contribution in [-0.4, -0.2) is 31.8 Å². The first-order valence-electron chi connectivity index (χ1n) is 20.8. The maximum Gasteiger partial charge on any atom is 0.257 e. The van der Waals surface area contributed by atoms with Crippen LogP contribution in [0.1, 0.15) is 31.8 Å². The molecular formula is C52H38F2N8O4. The van der Waals surface area contributed by atoms with E-state index in [0.29, 0.717) is 52.5 Å². The Labute approximate surface area is 374 Å². The van der Waals surface area contributed by atoms with Crippen LogP contribution in [0, 0.1) is 11.6 Å². The Morgan fingerprint density at radius 3 is 1.33 bits per heavy atom. The molecule has 0 aliphatic carbocycles. The first kappa shape index (κ1) is 42.3. The van der Waals surface area contributed by atoms with Crippen molar-refractivity contribution in [1.29, 1.82) is 0 Å². The lowest BCUT2D eigenvalue weighted by Gasteiger charge is -2.12. The van der Waals surface area contributed by atoms with Crippen LogP contribution in [0.4, 0.5) is 31.5 Å². The Balaban J connectivity index is 0.000000166. The highest BCUT2D eigenvalue weighted by Crippen LogP contribution is 2.29. The highest BCUT2D eigenvalue weighted by atomic mass is 19.1. The predicted octanol–water partition coefficient (Wildman–Crippen LogP) is 10.2. The van der Waals surface area contributed by atoms with Crippen LogP contribution in [0.25, 0.3) is 43.6 Å². The zero-order valence-corrected chi connectivity index (χ0v) is 34.9. The average Bonchev–Trinajstić information content (AvgIpc) is 3.34. The van der Waals surface area contributed by atoms with E-state index in [1.807, 2.05) is 109 Å². The van der Waals surface area contributed by atoms with Crippen molar-refractivity contribution in [3.8, 4) is 0 Å². The van der Waals surface area contributed by atoms with E-state index in [1.54, 1.807) is 42.7 Å². The Bertz CT molecular complexity index is 3530. The van der Waals surface area contributed by atoms with Gasteiger partial charge in [-0.2, -0.15) is 0 Å². The molecule has 0 aliphatic heterocycles. The first-order chi connectivity index (χ1) is 32.2. The van der Waals surface area contributed by atoms with Gasteiger partial charge in [-0.3, -0.25) is 19.2 Å². The van der Waals surface area contributed by atoms with Crippen LogP contribution in [0.5, 0.6) is 0 Å². The molecule has 0 saturated carbocycles. The van der Waals surface area contributed by atoms with Gasteiger partial charge in [0.15, 0.2) is 0 Å². The monoisotopic (exact) mass is 876 g/mol. The van der Waals surface area contributed by atoms with Crippen molar-refractivity contribution in [1.82, 2.24) is 19.9 Å². The van der Waals surface area contributed by atoms with E-state index in [1.165, 1.54) is 0 Å². The van der Waals surface area contributed by atoms with Crippen molar-refractivity contribution < 1.29 is 18.4 Å². The quantitative estimate of drug-likeness (QED) is 0.0737. The summed E-state index contributed by atoms with van der Waals surface area (Å²) >= 11 is 0. The molecule has 4 aromatic heterocycles. The topological polar surface area (TPSA) is 174 Å². The summed E-state index contributed by atoms with van der Waals surface area (Å²) in [4.78, 5) is 63.6. The number of nitrogens with one attached hydrogen (secondary N) is 6. The number of carbonyl (C=O) groups excluding carboxylic acids is 2. The number of hydrogen-bond acceptors (Lipinski definition) is 8. The van der Waals surface area contributed by atoms with Crippen molar-refractivity contribution in [2.45, 2.75) is 13.1 Å². The predicted molar refractivity (Wildman–Crippen MR) is 256 cm³/mol. The van der Waals surface area contributed by atoms with E-state index in [9.17, 15) is 28.0 Å². The van der Waals surface area contributed by atoms with Gasteiger partial charge in [-0.05, 0) is 83.9 Å². The summed E-state index contributed by atoms with van der Waals surface area (Å²) in [5.41, 5.74) is 6.18. The van der Waals surface area contributed by atoms with E-state index in [4.69, 9.17) is 0 Å². The Morgan fingerprint density at radius 2 is 0.879 bits per heavy atom. The minimum Gasteiger partial charge on any atom is -0.380 e. The molecule has 2 amide bonds. The van der Waals surface area contributed by atoms with Gasteiger partial charge in [-0.1, -0.05) is 78.9 Å². The molecule has 66 heavy (non-hydrogen) atoms. The molecule has 0 unspecified atom stereocenters. The number of H-pyrrole nitrogens is 2. The normalized spacial score (nSPS) is 10.9. The Kier molecular flexibility index (Phi) is 12.0. The van der Waals surface area contributed by atoms with Gasteiger partial charge in [0, 0.05) is 97.7 Å². The number of hydrogen-bond donors (Lipinski definition) is 6. The Hall–Kier alpha value is -9.04. The number of amides is 2. The summed E-state index contributed by atoms with van der Waals surface area (Å²) in [5, 5.41) is 17.0. The van der Waals surface area contributed by atoms with Gasteiger partial charge >= 0.3 is 0 Å². The highest BCUT2D eigenvalue weighted by molar-refractivity contribution is 6.11. The highest BCUT2D eigenvalue weighted by Gasteiger charge is 2.13. The second-order valence-electron chi connectivity index (χ2n) is 15.2. The van der Waals surface area contributed by atoms with E-state index >= 15 is 0 Å². The van der Waals surface area contributed by atoms with Crippen molar-refractivity contribution in [3.63, 3.8) is 0 Å². The standard InChI is InChI=1S/C26H18F2N4O2.C26H20N4O2/c27-17-11-16(12-18(28)13-17)25(33)31-19-7-5-15(6-8-19)14-30-22-9-10-29-24-23(22)20-3-1-2-4-21(20)26(34)32-24;31-25(18-6-2-1-3-7-18)29-19-12-10-17(11-13-19)16-28-22-14-15-27-24-23(22)20-8-4-5-9-21(20)26(32)30-24/h1-13H,14H2,(H,31,33)(H2,29,30,32,34);1-15H,16H2,(H,29,31)(H2,27,28,30,32). The van der Waals surface area contributed by atoms with Gasteiger partial charge in [0.2, 0.25) is 0 Å². The van der Waals surface area contributed by atoms with Crippen molar-refractivity contribution in [2.75, 3.05) is 21.3 Å². The lowest BCUT2D eigenvalue weighted by atomic mass is 10.1. The van der Waals surface area contributed by atoms with E-state index in [2.05, 4.69) is 41.2 Å². The second-order valence-corrected chi connectivity index (χ2v) is 15.2. The van der Waals surface area contributed by atoms with Crippen LogP contribution in [0.2, 0.25) is 0 Å². The zero-order chi connectivity index (χ0) is 45.6. The van der Waals surface area contributed by atoms with Crippen molar-refractivity contribution in [2.24, 2.45) is 0 Å². The molecule has 12 nitrogen and oxygen atoms in total. The van der Waals surface area contributed by atoms with Crippen LogP contribution in [0.15, 0.2) is 180 Å². The summed E-state index contributed by atoms with van der Waals surface area (Å²) < 4.78 is 26.7. The molecule has 0 radical (unpaired) electrons. The number of aromatic amines is 2. The average molecular weight is 877 g/mol. The van der Waals surface area contributed by atoms with Crippen LogP contribution < -0.4 is 32.4 Å². The lowest BCUT2D eigenvalue weighted by Crippen LogP contribution is -2.12. The number of benzene rings is 6. The molecule has 324 valence electrons. The second kappa shape index (κ2) is 18.7. The molecular weight excluding hydrogens is 839 g/mol. The Morgan fingerprint density at radius 1 is 0.470 bits per heavy atom. The van der Waals surface area contributed by atoms with E-state index < -0.39 is 17.5 Å². The fraction of sp³-hybridized carbons (Fsp3) is 0.0385. The number of fused-ring (bicyclic) bond motifs is 6. The zero-order valence-electron chi connectivity index (χ0n) is 34.9. The van der Waals surface area contributed by atoms with Gasteiger partial charge < -0.3 is 31.2 Å². The SMILES string of the molecule is O=C(Nc1ccc(CNc2ccnc3[nH]c(=O)c4ccccc4c23)cc1)c1cc(F)cc(F)c1.O=C(Nc1ccc(CNc2ccnc3[nH]c(=O)c4ccccc4c23)cc1)c1ccccc1. The number of carbonyl (C=O) groups is 2. The first-order valence-corrected chi connectivity index (χ1v) is 20.8. The number of pyridine rings is 4. The van der Waals surface area contributed by atoms with Crippen LogP contribution >= 0.6 is 0 Å². The largest absolute Gasteiger partial charge is 0.380 e. The number of nitrogens with zero attached hydrogens (tertiary/aromatic N) is 2. The smallest absolute Gasteiger partial charge is 0.257 e. The minimum absolute atomic E-state index is 0.0990. The molecule has 0 atom stereocenters. The summed E-state index contributed by atoms with van der Waals surface area (Å²) in [6.07, 6.45) is 3.31. The van der Waals surface area contributed by atoms with Gasteiger partial charge in [0.05, 0.1) is 0 Å². The third-order valence-corrected chi connectivity index (χ3v) is 10.8. The molecule has 0 aliphatic rings. The third kappa shape index (κ3) is 9.33. The summed E-state index contributed by atoms with van der Waals surface area (Å²) in [5.74, 6) is -2.37. The van der Waals surface area contributed by atoms with Crippen LogP contribution in [0.3, 0.4) is 0 Å². The van der Waals surface area contributed by atoms with Gasteiger partial charge in [-0.25, -0.2) is 18.7 Å². The van der Waals surface area contributed by atoms with Gasteiger partial charge in [0.1, 0.15) is 22.9 Å². The molecule has 14 heteroatoms. The molecule has 10 rings (SSSR count). The maximum absolute atomic E-state index is 13.4. The van der Waals surface area contributed by atoms with Crippen LogP contribution in [-0.2, 0) is 13.1 Å². The summed E-state index contributed by atoms with van der Waals surface area (Å²) in [6, 6.07) is 45.2. The van der Waals surface area contributed by atoms with Gasteiger partial charge in [-0.15, -0.1) is 0 Å². The number of aromatic nitrogens is 4. The minimum atomic E-state index is -0.813. The van der Waals surface area contributed by atoms with E-state index in [0.717, 1.165) is 61.9 Å². The van der Waals surface area contributed by atoms with Gasteiger partial charge in [0.25, 0.3) is 22.9 Å². The third-order valence-electron chi connectivity index (χ3n) is 10.8. The molecule has 0 saturated heterocycles. The number of halogens is 2. The van der Waals surface area contributed by atoms with Crippen molar-refractivity contribution in [3.05, 3.63) is 225 Å². The lowest BCUT2D eigenvalue weighted by molar-refractivity contribution is 0.101. The molecule has 0 spiro atoms. The molecule has 6 aromatic carbocycles. The molecule has 4 heterocycles. The summed E-state index contributed by atoms with van der Waals surface area (Å²) in [6.45, 7) is 1.06. The fourth-order valence-corrected chi connectivity index (χ4v) is 7.59. The number of anilines is 4. The molecule has 10 aromatic rings. The molecule has 0 bridgehead atoms. The van der Waals surface area contributed by atoms with Crippen molar-refractivity contribution >= 4 is 78.2 Å². The van der Waals surface area contributed by atoms with E-state index in [-0.39, 0.29) is 22.6 Å². The maximum atomic E-state index is 13.4. The number of rotatable bonds is 10.